The number of nitrogens with zero attached hydrogens (tertiary/aromatic N) is 2. The molecule has 0 aliphatic heterocycles. The zero-order chi connectivity index (χ0) is 13.4. The van der Waals surface area contributed by atoms with Gasteiger partial charge in [0.2, 0.25) is 0 Å². The molecule has 105 valence electrons. The molecule has 1 atom stereocenters. The largest absolute Gasteiger partial charge is 2.00 e. The molecule has 0 saturated carbocycles. The first-order valence-corrected chi connectivity index (χ1v) is 5.74. The van der Waals surface area contributed by atoms with Gasteiger partial charge in [0.05, 0.1) is 19.0 Å². The Morgan fingerprint density at radius 1 is 1.17 bits per heavy atom. The number of rotatable bonds is 7. The van der Waals surface area contributed by atoms with Gasteiger partial charge in [0.25, 0.3) is 5.78 Å². The molecule has 4 nitrogen and oxygen atoms in total. The van der Waals surface area contributed by atoms with Gasteiger partial charge in [-0.15, -0.1) is 5.71 Å². The first-order chi connectivity index (χ1) is 7.81. The Morgan fingerprint density at radius 3 is 2.17 bits per heavy atom. The number of hydrogen-bond acceptors (Lipinski definition) is 2. The van der Waals surface area contributed by atoms with Crippen LogP contribution in [0.15, 0.2) is 9.98 Å². The molecule has 0 aliphatic carbocycles. The molecule has 0 saturated heterocycles. The van der Waals surface area contributed by atoms with Crippen molar-refractivity contribution in [3.63, 3.8) is 0 Å². The van der Waals surface area contributed by atoms with E-state index in [4.69, 9.17) is 9.59 Å². The molecule has 1 radical (unpaired) electrons. The van der Waals surface area contributed by atoms with E-state index < -0.39 is 0 Å². The second-order valence-corrected chi connectivity index (χ2v) is 4.39. The van der Waals surface area contributed by atoms with Gasteiger partial charge in [-0.3, -0.25) is 9.79 Å². The summed E-state index contributed by atoms with van der Waals surface area (Å²) in [5.41, 5.74) is 1.69. The Labute approximate surface area is 120 Å². The van der Waals surface area contributed by atoms with Crippen molar-refractivity contribution in [2.24, 2.45) is 9.98 Å². The van der Waals surface area contributed by atoms with E-state index in [1.165, 1.54) is 0 Å². The number of hydrogen-bond donors (Lipinski definition) is 0. The van der Waals surface area contributed by atoms with Gasteiger partial charge < -0.3 is 9.79 Å². The van der Waals surface area contributed by atoms with Gasteiger partial charge in [-0.05, 0) is 13.8 Å². The molecule has 2 N–H and O–H groups in total. The van der Waals surface area contributed by atoms with Gasteiger partial charge in [0.1, 0.15) is 0 Å². The van der Waals surface area contributed by atoms with Crippen LogP contribution in [-0.2, 0) is 17.1 Å². The summed E-state index contributed by atoms with van der Waals surface area (Å²) >= 11 is 0. The molecule has 0 fully saturated rings. The van der Waals surface area contributed by atoms with Crippen LogP contribution in [0.3, 0.4) is 0 Å². The summed E-state index contributed by atoms with van der Waals surface area (Å²) in [7, 11) is 0. The van der Waals surface area contributed by atoms with E-state index >= 15 is 0 Å². The van der Waals surface area contributed by atoms with Crippen molar-refractivity contribution < 1.29 is 26.7 Å². The topological polar surface area (TPSA) is 67.5 Å². The maximum Gasteiger partial charge on any atom is 2.00 e. The number of carbonyl (C=O) groups excluding carboxylic acids is 2. The molecule has 0 aliphatic rings. The molecule has 0 heterocycles. The first-order valence-electron chi connectivity index (χ1n) is 5.74. The van der Waals surface area contributed by atoms with Gasteiger partial charge in [-0.25, -0.2) is 6.42 Å². The molecule has 0 spiro atoms. The zero-order valence-corrected chi connectivity index (χ0v) is 12.6. The summed E-state index contributed by atoms with van der Waals surface area (Å²) in [6.07, 6.45) is 2.14. The first kappa shape index (κ1) is 19.4. The van der Waals surface area contributed by atoms with Crippen molar-refractivity contribution >= 4 is 23.0 Å². The third-order valence-corrected chi connectivity index (χ3v) is 1.98. The Balaban J connectivity index is 0. The van der Waals surface area contributed by atoms with E-state index in [1.54, 1.807) is 20.3 Å². The third-order valence-electron chi connectivity index (χ3n) is 1.98. The molecule has 1 unspecified atom stereocenters. The van der Waals surface area contributed by atoms with Crippen LogP contribution in [0.25, 0.3) is 0 Å². The van der Waals surface area contributed by atoms with Crippen LogP contribution in [-0.4, -0.2) is 45.2 Å². The van der Waals surface area contributed by atoms with Crippen molar-refractivity contribution in [1.29, 1.82) is 0 Å². The molecule has 0 aromatic heterocycles. The Morgan fingerprint density at radius 2 is 1.72 bits per heavy atom. The summed E-state index contributed by atoms with van der Waals surface area (Å²) in [4.78, 5) is 26.9. The molecule has 0 rings (SSSR count). The fourth-order valence-electron chi connectivity index (χ4n) is 1.46. The van der Waals surface area contributed by atoms with E-state index in [0.29, 0.717) is 18.7 Å². The van der Waals surface area contributed by atoms with Gasteiger partial charge in [0, 0.05) is 19.6 Å². The maximum absolute atomic E-state index is 9.13. The van der Waals surface area contributed by atoms with Crippen LogP contribution < -0.4 is 0 Å². The molecule has 18 heavy (non-hydrogen) atoms. The van der Waals surface area contributed by atoms with Crippen LogP contribution in [0.4, 0.5) is 0 Å². The molecular formula is C13H23CuN2O2+3. The van der Waals surface area contributed by atoms with E-state index in [2.05, 4.69) is 9.98 Å². The average Bonchev–Trinajstić information content (AvgIpc) is 2.12. The van der Waals surface area contributed by atoms with Crippen LogP contribution in [0.1, 0.15) is 41.0 Å². The minimum atomic E-state index is 0. The Kier molecular flexibility index (Phi) is 10.8. The van der Waals surface area contributed by atoms with E-state index in [9.17, 15) is 0 Å². The summed E-state index contributed by atoms with van der Waals surface area (Å²) < 4.78 is 0. The molecule has 0 amide bonds. The van der Waals surface area contributed by atoms with Gasteiger partial charge >= 0.3 is 17.1 Å². The predicted octanol–water partition coefficient (Wildman–Crippen LogP) is 2.02. The van der Waals surface area contributed by atoms with Crippen molar-refractivity contribution in [3.8, 4) is 0 Å². The fourth-order valence-corrected chi connectivity index (χ4v) is 1.46. The smallest absolute Gasteiger partial charge is 0.323 e. The number of aliphatic imine (C=N–C) groups is 2. The second kappa shape index (κ2) is 10.0. The summed E-state index contributed by atoms with van der Waals surface area (Å²) in [5, 5.41) is 0. The van der Waals surface area contributed by atoms with E-state index in [1.807, 2.05) is 20.8 Å². The minimum absolute atomic E-state index is 0. The molecule has 0 aromatic rings. The molecule has 0 aromatic carbocycles. The van der Waals surface area contributed by atoms with Crippen LogP contribution in [0, 0.1) is 6.42 Å². The summed E-state index contributed by atoms with van der Waals surface area (Å²) in [6, 6.07) is 0.0803. The fraction of sp³-hybridized carbons (Fsp3) is 0.615. The molecular weight excluding hydrogens is 280 g/mol. The predicted molar refractivity (Wildman–Crippen MR) is 74.7 cm³/mol. The summed E-state index contributed by atoms with van der Waals surface area (Å²) in [6.45, 7) is 9.57. The van der Waals surface area contributed by atoms with Crippen LogP contribution >= 0.6 is 0 Å². The van der Waals surface area contributed by atoms with E-state index in [0.717, 1.165) is 11.4 Å². The maximum atomic E-state index is 9.13. The third kappa shape index (κ3) is 11.6. The summed E-state index contributed by atoms with van der Waals surface area (Å²) in [5.74, 6) is 0.626. The molecule has 5 heteroatoms. The van der Waals surface area contributed by atoms with Crippen molar-refractivity contribution in [2.75, 3.05) is 6.54 Å². The Hall–Kier alpha value is -0.931. The standard InChI is InChI=1S/C13H21N2O2.Cu/c1-9(6-12(4)16)14-8-11(3)15-10(2)7-13(5)17;/h6,11H,7-8H2,1-5H3;/q-1;+2/p+2. The van der Waals surface area contributed by atoms with Crippen LogP contribution in [0.5, 0.6) is 0 Å². The van der Waals surface area contributed by atoms with E-state index in [-0.39, 0.29) is 28.9 Å². The van der Waals surface area contributed by atoms with Crippen molar-refractivity contribution in [3.05, 3.63) is 6.42 Å². The SMILES string of the molecule is CC(=[OH+])[CH-]C(C)=NCC(C)N=C(C)CC(C)=[OH+].[Cu+2]. The van der Waals surface area contributed by atoms with Gasteiger partial charge in [-0.2, -0.15) is 0 Å². The van der Waals surface area contributed by atoms with Crippen molar-refractivity contribution in [1.82, 2.24) is 0 Å². The second-order valence-electron chi connectivity index (χ2n) is 4.39. The average molecular weight is 303 g/mol. The minimum Gasteiger partial charge on any atom is -0.323 e. The van der Waals surface area contributed by atoms with Crippen molar-refractivity contribution in [2.45, 2.75) is 47.1 Å². The molecule has 0 bridgehead atoms. The normalized spacial score (nSPS) is 13.6. The van der Waals surface area contributed by atoms with Gasteiger partial charge in [-0.1, -0.05) is 6.92 Å². The van der Waals surface area contributed by atoms with Gasteiger partial charge in [0.15, 0.2) is 5.78 Å². The van der Waals surface area contributed by atoms with Crippen LogP contribution in [0.2, 0.25) is 0 Å². The zero-order valence-electron chi connectivity index (χ0n) is 11.7. The number of ketones is 2. The quantitative estimate of drug-likeness (QED) is 0.299. The monoisotopic (exact) mass is 302 g/mol. The Bertz CT molecular complexity index is 349.